The molecule has 3 saturated heterocycles. The van der Waals surface area contributed by atoms with Crippen molar-refractivity contribution in [2.75, 3.05) is 57.5 Å². The van der Waals surface area contributed by atoms with Gasteiger partial charge in [0.25, 0.3) is 0 Å². The fourth-order valence-corrected chi connectivity index (χ4v) is 6.75. The average Bonchev–Trinajstić information content (AvgIpc) is 3.54. The molecule has 9 nitrogen and oxygen atoms in total. The highest BCUT2D eigenvalue weighted by Crippen LogP contribution is 2.45. The van der Waals surface area contributed by atoms with Crippen LogP contribution in [-0.2, 0) is 14.2 Å². The van der Waals surface area contributed by atoms with Gasteiger partial charge in [0.15, 0.2) is 12.0 Å². The lowest BCUT2D eigenvalue weighted by Crippen LogP contribution is -2.62. The van der Waals surface area contributed by atoms with Crippen LogP contribution in [0.4, 0.5) is 5.82 Å². The van der Waals surface area contributed by atoms with E-state index in [2.05, 4.69) is 48.7 Å². The number of ether oxygens (including phenoxy) is 3. The van der Waals surface area contributed by atoms with Crippen LogP contribution < -0.4 is 4.90 Å². The molecule has 10 heteroatoms. The Bertz CT molecular complexity index is 1310. The molecule has 1 N–H and O–H groups in total. The third-order valence-corrected chi connectivity index (χ3v) is 9.34. The third-order valence-electron chi connectivity index (χ3n) is 8.85. The topological polar surface area (TPSA) is 80.7 Å². The molecule has 3 aliphatic heterocycles. The smallest absolute Gasteiger partial charge is 0.159 e. The van der Waals surface area contributed by atoms with E-state index >= 15 is 0 Å². The number of aromatic nitrogens is 4. The monoisotopic (exact) mass is 556 g/mol. The molecule has 0 bridgehead atoms. The van der Waals surface area contributed by atoms with E-state index in [9.17, 15) is 0 Å². The van der Waals surface area contributed by atoms with Crippen LogP contribution in [-0.4, -0.2) is 89.1 Å². The standard InChI is InChI=1S/C29H41ClN6O3/c1-5-29(4)18-34(16-21-17-37-12-13-38-21)9-10-35(29)28-25(20(3)32-33-28)26-22-15-31-36(24-8-6-7-11-39-24)23(22)14-19(2)27(26)30/h14-15,21,24H,5-13,16-18H2,1-4H3,(H,32,33)/t21-,24?,29+/m1/s1. The second-order valence-corrected chi connectivity index (χ2v) is 12.0. The first kappa shape index (κ1) is 27.0. The van der Waals surface area contributed by atoms with Crippen molar-refractivity contribution in [3.05, 3.63) is 28.5 Å². The van der Waals surface area contributed by atoms with Gasteiger partial charge in [0.2, 0.25) is 0 Å². The molecule has 0 amide bonds. The number of hydrogen-bond acceptors (Lipinski definition) is 7. The van der Waals surface area contributed by atoms with Crippen LogP contribution in [0.15, 0.2) is 12.3 Å². The average molecular weight is 557 g/mol. The molecule has 3 aromatic rings. The van der Waals surface area contributed by atoms with Gasteiger partial charge in [-0.3, -0.25) is 10.00 Å². The lowest BCUT2D eigenvalue weighted by molar-refractivity contribution is -0.0996. The number of aromatic amines is 1. The minimum atomic E-state index is -0.0975. The van der Waals surface area contributed by atoms with Gasteiger partial charge in [-0.05, 0) is 58.1 Å². The van der Waals surface area contributed by atoms with Gasteiger partial charge in [-0.1, -0.05) is 18.5 Å². The predicted octanol–water partition coefficient (Wildman–Crippen LogP) is 5.10. The predicted molar refractivity (Wildman–Crippen MR) is 154 cm³/mol. The summed E-state index contributed by atoms with van der Waals surface area (Å²) in [5, 5.41) is 14.8. The van der Waals surface area contributed by atoms with E-state index in [1.807, 2.05) is 10.9 Å². The maximum Gasteiger partial charge on any atom is 0.159 e. The number of aryl methyl sites for hydroxylation is 2. The number of piperazine rings is 1. The molecule has 0 aliphatic carbocycles. The van der Waals surface area contributed by atoms with Crippen LogP contribution in [0, 0.1) is 13.8 Å². The van der Waals surface area contributed by atoms with Crippen molar-refractivity contribution in [2.24, 2.45) is 0 Å². The number of halogens is 1. The van der Waals surface area contributed by atoms with E-state index in [1.54, 1.807) is 0 Å². The van der Waals surface area contributed by atoms with Gasteiger partial charge >= 0.3 is 0 Å². The van der Waals surface area contributed by atoms with E-state index in [4.69, 9.17) is 36.0 Å². The zero-order valence-electron chi connectivity index (χ0n) is 23.6. The van der Waals surface area contributed by atoms with E-state index in [-0.39, 0.29) is 17.9 Å². The summed E-state index contributed by atoms with van der Waals surface area (Å²) < 4.78 is 19.8. The van der Waals surface area contributed by atoms with Gasteiger partial charge in [0.05, 0.1) is 48.2 Å². The van der Waals surface area contributed by atoms with E-state index in [1.165, 1.54) is 0 Å². The summed E-state index contributed by atoms with van der Waals surface area (Å²) in [6, 6.07) is 2.15. The molecular weight excluding hydrogens is 516 g/mol. The van der Waals surface area contributed by atoms with E-state index < -0.39 is 0 Å². The zero-order chi connectivity index (χ0) is 27.1. The van der Waals surface area contributed by atoms with Crippen LogP contribution in [0.25, 0.3) is 22.0 Å². The number of hydrogen-bond donors (Lipinski definition) is 1. The Balaban J connectivity index is 1.37. The quantitative estimate of drug-likeness (QED) is 0.452. The maximum absolute atomic E-state index is 7.12. The highest BCUT2D eigenvalue weighted by Gasteiger charge is 2.40. The fraction of sp³-hybridized carbons (Fsp3) is 0.655. The lowest BCUT2D eigenvalue weighted by Gasteiger charge is -2.50. The Morgan fingerprint density at radius 2 is 2.00 bits per heavy atom. The normalized spacial score (nSPS) is 26.9. The Labute approximate surface area is 235 Å². The summed E-state index contributed by atoms with van der Waals surface area (Å²) in [5.74, 6) is 0.962. The first-order valence-electron chi connectivity index (χ1n) is 14.4. The van der Waals surface area contributed by atoms with Gasteiger partial charge in [-0.2, -0.15) is 10.2 Å². The van der Waals surface area contributed by atoms with E-state index in [0.29, 0.717) is 19.8 Å². The molecule has 3 aliphatic rings. The van der Waals surface area contributed by atoms with Gasteiger partial charge < -0.3 is 19.1 Å². The molecule has 0 saturated carbocycles. The van der Waals surface area contributed by atoms with Crippen molar-refractivity contribution in [1.82, 2.24) is 24.9 Å². The number of nitrogens with zero attached hydrogens (tertiary/aromatic N) is 5. The van der Waals surface area contributed by atoms with Gasteiger partial charge in [0, 0.05) is 55.0 Å². The number of benzene rings is 1. The van der Waals surface area contributed by atoms with Gasteiger partial charge in [0.1, 0.15) is 0 Å². The summed E-state index contributed by atoms with van der Waals surface area (Å²) in [4.78, 5) is 5.00. The molecule has 212 valence electrons. The van der Waals surface area contributed by atoms with Crippen molar-refractivity contribution in [3.63, 3.8) is 0 Å². The van der Waals surface area contributed by atoms with Crippen LogP contribution in [0.5, 0.6) is 0 Å². The molecule has 3 atom stereocenters. The molecule has 5 heterocycles. The van der Waals surface area contributed by atoms with Crippen molar-refractivity contribution in [3.8, 4) is 11.1 Å². The molecular formula is C29H41ClN6O3. The molecule has 1 unspecified atom stereocenters. The van der Waals surface area contributed by atoms with Crippen molar-refractivity contribution < 1.29 is 14.2 Å². The Morgan fingerprint density at radius 3 is 2.74 bits per heavy atom. The SMILES string of the molecule is CC[C@@]1(C)CN(C[C@@H]2COCCO2)CCN1c1n[nH]c(C)c1-c1c(Cl)c(C)cc2c1cnn2C1CCCCO1. The summed E-state index contributed by atoms with van der Waals surface area (Å²) in [7, 11) is 0. The summed E-state index contributed by atoms with van der Waals surface area (Å²) in [6.45, 7) is 15.2. The minimum Gasteiger partial charge on any atom is -0.376 e. The van der Waals surface area contributed by atoms with Gasteiger partial charge in [-0.15, -0.1) is 0 Å². The van der Waals surface area contributed by atoms with Crippen molar-refractivity contribution in [1.29, 1.82) is 0 Å². The number of rotatable bonds is 6. The Kier molecular flexibility index (Phi) is 7.63. The lowest BCUT2D eigenvalue weighted by atomic mass is 9.91. The molecule has 1 aromatic carbocycles. The Hall–Kier alpha value is -2.17. The molecule has 39 heavy (non-hydrogen) atoms. The molecule has 2 aromatic heterocycles. The van der Waals surface area contributed by atoms with Crippen molar-refractivity contribution in [2.45, 2.75) is 71.2 Å². The highest BCUT2D eigenvalue weighted by molar-refractivity contribution is 6.36. The number of H-pyrrole nitrogens is 1. The molecule has 0 radical (unpaired) electrons. The summed E-state index contributed by atoms with van der Waals surface area (Å²) >= 11 is 7.12. The number of fused-ring (bicyclic) bond motifs is 1. The number of anilines is 1. The largest absolute Gasteiger partial charge is 0.376 e. The van der Waals surface area contributed by atoms with Crippen LogP contribution >= 0.6 is 11.6 Å². The van der Waals surface area contributed by atoms with E-state index in [0.717, 1.165) is 103 Å². The van der Waals surface area contributed by atoms with Crippen LogP contribution in [0.2, 0.25) is 5.02 Å². The third kappa shape index (κ3) is 4.97. The zero-order valence-corrected chi connectivity index (χ0v) is 24.4. The highest BCUT2D eigenvalue weighted by atomic mass is 35.5. The first-order valence-corrected chi connectivity index (χ1v) is 14.8. The second-order valence-electron chi connectivity index (χ2n) is 11.6. The second kappa shape index (κ2) is 11.0. The summed E-state index contributed by atoms with van der Waals surface area (Å²) in [5.41, 5.74) is 5.07. The van der Waals surface area contributed by atoms with Crippen LogP contribution in [0.3, 0.4) is 0 Å². The molecule has 0 spiro atoms. The maximum atomic E-state index is 7.12. The Morgan fingerprint density at radius 1 is 1.13 bits per heavy atom. The number of nitrogens with one attached hydrogen (secondary N) is 1. The fourth-order valence-electron chi connectivity index (χ4n) is 6.50. The van der Waals surface area contributed by atoms with Crippen LogP contribution in [0.1, 0.15) is 57.0 Å². The molecule has 3 fully saturated rings. The minimum absolute atomic E-state index is 0.0374. The first-order chi connectivity index (χ1) is 18.9. The van der Waals surface area contributed by atoms with Gasteiger partial charge in [-0.25, -0.2) is 4.68 Å². The summed E-state index contributed by atoms with van der Waals surface area (Å²) in [6.07, 6.45) is 6.27. The van der Waals surface area contributed by atoms with Crippen molar-refractivity contribution >= 4 is 28.3 Å². The molecule has 6 rings (SSSR count).